The summed E-state index contributed by atoms with van der Waals surface area (Å²) in [5.74, 6) is 1.36. The Morgan fingerprint density at radius 1 is 0.952 bits per heavy atom. The third-order valence-corrected chi connectivity index (χ3v) is 3.69. The maximum atomic E-state index is 5.79. The van der Waals surface area contributed by atoms with Gasteiger partial charge in [0.05, 0.1) is 6.10 Å². The Balaban J connectivity index is 1.98. The Morgan fingerprint density at radius 3 is 2.24 bits per heavy atom. The predicted molar refractivity (Wildman–Crippen MR) is 90.7 cm³/mol. The van der Waals surface area contributed by atoms with Crippen molar-refractivity contribution in [2.75, 3.05) is 0 Å². The summed E-state index contributed by atoms with van der Waals surface area (Å²) in [5, 5.41) is 0. The molecule has 0 bridgehead atoms. The molecule has 2 rings (SSSR count). The second-order valence-electron chi connectivity index (χ2n) is 5.46. The van der Waals surface area contributed by atoms with Crippen LogP contribution in [0.1, 0.15) is 44.2 Å². The molecule has 0 fully saturated rings. The van der Waals surface area contributed by atoms with Crippen molar-refractivity contribution < 1.29 is 4.74 Å². The van der Waals surface area contributed by atoms with Gasteiger partial charge in [0.25, 0.3) is 0 Å². The summed E-state index contributed by atoms with van der Waals surface area (Å²) < 4.78 is 5.79. The first kappa shape index (κ1) is 15.4. The van der Waals surface area contributed by atoms with E-state index < -0.39 is 0 Å². The molecule has 2 aromatic carbocycles. The lowest BCUT2D eigenvalue weighted by Gasteiger charge is -2.12. The highest BCUT2D eigenvalue weighted by Gasteiger charge is 2.01. The van der Waals surface area contributed by atoms with Crippen LogP contribution in [0.2, 0.25) is 0 Å². The molecule has 2 unspecified atom stereocenters. The second-order valence-corrected chi connectivity index (χ2v) is 5.46. The highest BCUT2D eigenvalue weighted by Crippen LogP contribution is 2.19. The molecule has 0 N–H and O–H groups in total. The van der Waals surface area contributed by atoms with Gasteiger partial charge in [-0.25, -0.2) is 0 Å². The van der Waals surface area contributed by atoms with Gasteiger partial charge in [0, 0.05) is 0 Å². The van der Waals surface area contributed by atoms with Crippen molar-refractivity contribution in [3.05, 3.63) is 71.8 Å². The summed E-state index contributed by atoms with van der Waals surface area (Å²) in [7, 11) is 0. The zero-order valence-corrected chi connectivity index (χ0v) is 13.1. The topological polar surface area (TPSA) is 9.23 Å². The molecule has 0 amide bonds. The molecule has 2 atom stereocenters. The van der Waals surface area contributed by atoms with Crippen molar-refractivity contribution in [3.63, 3.8) is 0 Å². The number of hydrogen-bond acceptors (Lipinski definition) is 1. The Kier molecular flexibility index (Phi) is 5.62. The largest absolute Gasteiger partial charge is 0.491 e. The zero-order valence-electron chi connectivity index (χ0n) is 13.1. The molecular formula is C20H24O. The SMILES string of the molecule is CCC(C)Oc1ccc(C=CC(C)c2ccccc2)cc1. The van der Waals surface area contributed by atoms with Crippen LogP contribution in [0.25, 0.3) is 6.08 Å². The van der Waals surface area contributed by atoms with Crippen molar-refractivity contribution in [3.8, 4) is 5.75 Å². The Hall–Kier alpha value is -2.02. The van der Waals surface area contributed by atoms with Gasteiger partial charge >= 0.3 is 0 Å². The first-order valence-electron chi connectivity index (χ1n) is 7.69. The average molecular weight is 280 g/mol. The number of hydrogen-bond donors (Lipinski definition) is 0. The van der Waals surface area contributed by atoms with Gasteiger partial charge < -0.3 is 4.74 Å². The fraction of sp³-hybridized carbons (Fsp3) is 0.300. The molecule has 21 heavy (non-hydrogen) atoms. The van der Waals surface area contributed by atoms with Gasteiger partial charge in [-0.2, -0.15) is 0 Å². The van der Waals surface area contributed by atoms with Crippen molar-refractivity contribution >= 4 is 6.08 Å². The molecule has 1 heteroatoms. The number of allylic oxidation sites excluding steroid dienone is 1. The maximum Gasteiger partial charge on any atom is 0.119 e. The minimum atomic E-state index is 0.268. The molecule has 0 heterocycles. The van der Waals surface area contributed by atoms with E-state index in [9.17, 15) is 0 Å². The number of benzene rings is 2. The van der Waals surface area contributed by atoms with Crippen LogP contribution in [0.4, 0.5) is 0 Å². The maximum absolute atomic E-state index is 5.79. The summed E-state index contributed by atoms with van der Waals surface area (Å²) >= 11 is 0. The minimum Gasteiger partial charge on any atom is -0.491 e. The number of rotatable bonds is 6. The Morgan fingerprint density at radius 2 is 1.62 bits per heavy atom. The molecule has 110 valence electrons. The van der Waals surface area contributed by atoms with E-state index in [0.717, 1.165) is 12.2 Å². The van der Waals surface area contributed by atoms with Crippen molar-refractivity contribution in [2.45, 2.75) is 39.2 Å². The van der Waals surface area contributed by atoms with E-state index in [2.05, 4.69) is 75.4 Å². The Bertz CT molecular complexity index is 554. The lowest BCUT2D eigenvalue weighted by atomic mass is 10.00. The van der Waals surface area contributed by atoms with Gasteiger partial charge in [-0.3, -0.25) is 0 Å². The Labute approximate surface area is 128 Å². The van der Waals surface area contributed by atoms with E-state index in [1.54, 1.807) is 0 Å². The summed E-state index contributed by atoms with van der Waals surface area (Å²) in [5.41, 5.74) is 2.54. The predicted octanol–water partition coefficient (Wildman–Crippen LogP) is 5.68. The standard InChI is InChI=1S/C20H24O/c1-4-17(3)21-20-14-12-18(13-15-20)11-10-16(2)19-8-6-5-7-9-19/h5-17H,4H2,1-3H3. The molecule has 1 nitrogen and oxygen atoms in total. The van der Waals surface area contributed by atoms with Crippen LogP contribution in [-0.4, -0.2) is 6.10 Å². The van der Waals surface area contributed by atoms with Gasteiger partial charge in [-0.1, -0.05) is 68.5 Å². The smallest absolute Gasteiger partial charge is 0.119 e. The zero-order chi connectivity index (χ0) is 15.1. The second kappa shape index (κ2) is 7.68. The minimum absolute atomic E-state index is 0.268. The fourth-order valence-electron chi connectivity index (χ4n) is 2.10. The summed E-state index contributed by atoms with van der Waals surface area (Å²) in [6.45, 7) is 6.44. The molecule has 2 aromatic rings. The van der Waals surface area contributed by atoms with Crippen LogP contribution in [-0.2, 0) is 0 Å². The van der Waals surface area contributed by atoms with Gasteiger partial charge in [-0.15, -0.1) is 0 Å². The third-order valence-electron chi connectivity index (χ3n) is 3.69. The molecule has 0 aromatic heterocycles. The molecule has 0 aliphatic rings. The van der Waals surface area contributed by atoms with Crippen LogP contribution in [0.15, 0.2) is 60.7 Å². The van der Waals surface area contributed by atoms with Crippen LogP contribution in [0, 0.1) is 0 Å². The van der Waals surface area contributed by atoms with E-state index in [1.807, 2.05) is 12.1 Å². The average Bonchev–Trinajstić information content (AvgIpc) is 2.54. The van der Waals surface area contributed by atoms with E-state index in [0.29, 0.717) is 5.92 Å². The quantitative estimate of drug-likeness (QED) is 0.661. The van der Waals surface area contributed by atoms with E-state index in [1.165, 1.54) is 11.1 Å². The highest BCUT2D eigenvalue weighted by molar-refractivity contribution is 5.52. The van der Waals surface area contributed by atoms with E-state index >= 15 is 0 Å². The van der Waals surface area contributed by atoms with Crippen LogP contribution in [0.3, 0.4) is 0 Å². The molecule has 0 saturated carbocycles. The van der Waals surface area contributed by atoms with Crippen molar-refractivity contribution in [1.29, 1.82) is 0 Å². The van der Waals surface area contributed by atoms with Gasteiger partial charge in [0.15, 0.2) is 0 Å². The molecule has 0 aliphatic heterocycles. The fourth-order valence-corrected chi connectivity index (χ4v) is 2.10. The van der Waals surface area contributed by atoms with Gasteiger partial charge in [0.2, 0.25) is 0 Å². The summed E-state index contributed by atoms with van der Waals surface area (Å²) in [4.78, 5) is 0. The molecule has 0 radical (unpaired) electrons. The van der Waals surface area contributed by atoms with Gasteiger partial charge in [-0.05, 0) is 42.5 Å². The first-order valence-corrected chi connectivity index (χ1v) is 7.69. The summed E-state index contributed by atoms with van der Waals surface area (Å²) in [6.07, 6.45) is 5.70. The highest BCUT2D eigenvalue weighted by atomic mass is 16.5. The normalized spacial score (nSPS) is 14.0. The van der Waals surface area contributed by atoms with Crippen LogP contribution >= 0.6 is 0 Å². The van der Waals surface area contributed by atoms with E-state index in [4.69, 9.17) is 4.74 Å². The lowest BCUT2D eigenvalue weighted by molar-refractivity contribution is 0.217. The van der Waals surface area contributed by atoms with Crippen LogP contribution in [0.5, 0.6) is 5.75 Å². The lowest BCUT2D eigenvalue weighted by Crippen LogP contribution is -2.09. The third kappa shape index (κ3) is 4.78. The number of ether oxygens (including phenoxy) is 1. The molecule has 0 spiro atoms. The monoisotopic (exact) mass is 280 g/mol. The van der Waals surface area contributed by atoms with E-state index in [-0.39, 0.29) is 6.10 Å². The summed E-state index contributed by atoms with van der Waals surface area (Å²) in [6, 6.07) is 18.8. The molecule has 0 aliphatic carbocycles. The van der Waals surface area contributed by atoms with Crippen LogP contribution < -0.4 is 4.74 Å². The first-order chi connectivity index (χ1) is 10.2. The van der Waals surface area contributed by atoms with Gasteiger partial charge in [0.1, 0.15) is 5.75 Å². The van der Waals surface area contributed by atoms with Crippen molar-refractivity contribution in [2.24, 2.45) is 0 Å². The van der Waals surface area contributed by atoms with Crippen molar-refractivity contribution in [1.82, 2.24) is 0 Å². The molecular weight excluding hydrogens is 256 g/mol. The molecule has 0 saturated heterocycles.